The van der Waals surface area contributed by atoms with Crippen molar-refractivity contribution in [1.29, 1.82) is 0 Å². The first kappa shape index (κ1) is 12.4. The summed E-state index contributed by atoms with van der Waals surface area (Å²) in [5, 5.41) is 0. The highest BCUT2D eigenvalue weighted by atomic mass is 16.5. The van der Waals surface area contributed by atoms with E-state index in [2.05, 4.69) is 4.98 Å². The number of hydrogen-bond donors (Lipinski definition) is 0. The number of benzene rings is 1. The molecule has 2 rings (SSSR count). The van der Waals surface area contributed by atoms with Gasteiger partial charge in [-0.15, -0.1) is 0 Å². The summed E-state index contributed by atoms with van der Waals surface area (Å²) in [5.41, 5.74) is 3.24. The number of carbonyl (C=O) groups is 1. The molecule has 18 heavy (non-hydrogen) atoms. The van der Waals surface area contributed by atoms with Gasteiger partial charge < -0.3 is 9.30 Å². The molecular weight excluding hydrogens is 228 g/mol. The van der Waals surface area contributed by atoms with Crippen molar-refractivity contribution in [3.05, 3.63) is 41.9 Å². The van der Waals surface area contributed by atoms with Gasteiger partial charge in [0.2, 0.25) is 0 Å². The minimum Gasteiger partial charge on any atom is -0.461 e. The molecule has 0 saturated heterocycles. The lowest BCUT2D eigenvalue weighted by molar-refractivity contribution is 0.0516. The number of hydrogen-bond acceptors (Lipinski definition) is 3. The summed E-state index contributed by atoms with van der Waals surface area (Å²) in [5.74, 6) is -0.340. The highest BCUT2D eigenvalue weighted by molar-refractivity contribution is 5.94. The number of aromatic nitrogens is 2. The molecule has 4 nitrogen and oxygen atoms in total. The maximum Gasteiger partial charge on any atom is 0.357 e. The zero-order chi connectivity index (χ0) is 13.1. The van der Waals surface area contributed by atoms with Crippen LogP contribution in [0.4, 0.5) is 0 Å². The van der Waals surface area contributed by atoms with E-state index in [9.17, 15) is 4.79 Å². The van der Waals surface area contributed by atoms with E-state index in [1.165, 1.54) is 5.56 Å². The largest absolute Gasteiger partial charge is 0.461 e. The smallest absolute Gasteiger partial charge is 0.357 e. The maximum atomic E-state index is 11.9. The summed E-state index contributed by atoms with van der Waals surface area (Å²) >= 11 is 0. The lowest BCUT2D eigenvalue weighted by Gasteiger charge is -2.05. The Morgan fingerprint density at radius 1 is 1.33 bits per heavy atom. The first-order valence-corrected chi connectivity index (χ1v) is 5.89. The summed E-state index contributed by atoms with van der Waals surface area (Å²) in [7, 11) is 1.79. The van der Waals surface area contributed by atoms with Gasteiger partial charge in [-0.3, -0.25) is 0 Å². The number of carbonyl (C=O) groups excluding carboxylic acids is 1. The van der Waals surface area contributed by atoms with Gasteiger partial charge in [-0.1, -0.05) is 29.8 Å². The minimum absolute atomic E-state index is 0.340. The lowest BCUT2D eigenvalue weighted by atomic mass is 10.1. The van der Waals surface area contributed by atoms with E-state index < -0.39 is 0 Å². The van der Waals surface area contributed by atoms with E-state index in [1.807, 2.05) is 31.2 Å². The molecule has 94 valence electrons. The third kappa shape index (κ3) is 2.27. The molecule has 0 N–H and O–H groups in total. The van der Waals surface area contributed by atoms with Gasteiger partial charge in [0.25, 0.3) is 0 Å². The molecule has 1 aromatic heterocycles. The van der Waals surface area contributed by atoms with Crippen molar-refractivity contribution in [2.24, 2.45) is 7.05 Å². The van der Waals surface area contributed by atoms with Gasteiger partial charge >= 0.3 is 5.97 Å². The number of nitrogens with zero attached hydrogens (tertiary/aromatic N) is 2. The van der Waals surface area contributed by atoms with Crippen LogP contribution in [0.1, 0.15) is 23.0 Å². The Morgan fingerprint density at radius 3 is 2.61 bits per heavy atom. The number of ether oxygens (including phenoxy) is 1. The van der Waals surface area contributed by atoms with Gasteiger partial charge in [-0.25, -0.2) is 9.78 Å². The Morgan fingerprint density at radius 2 is 2.00 bits per heavy atom. The monoisotopic (exact) mass is 244 g/mol. The van der Waals surface area contributed by atoms with Gasteiger partial charge in [-0.2, -0.15) is 0 Å². The third-order valence-corrected chi connectivity index (χ3v) is 2.73. The van der Waals surface area contributed by atoms with Crippen molar-refractivity contribution in [1.82, 2.24) is 9.55 Å². The van der Waals surface area contributed by atoms with Crippen LogP contribution in [0.2, 0.25) is 0 Å². The van der Waals surface area contributed by atoms with Gasteiger partial charge in [0.05, 0.1) is 12.9 Å². The van der Waals surface area contributed by atoms with Crippen LogP contribution < -0.4 is 0 Å². The molecule has 0 spiro atoms. The van der Waals surface area contributed by atoms with Crippen LogP contribution in [0.3, 0.4) is 0 Å². The first-order valence-electron chi connectivity index (χ1n) is 5.89. The molecule has 4 heteroatoms. The van der Waals surface area contributed by atoms with Crippen molar-refractivity contribution in [2.75, 3.05) is 6.61 Å². The molecule has 0 unspecified atom stereocenters. The van der Waals surface area contributed by atoms with Crippen molar-refractivity contribution in [2.45, 2.75) is 13.8 Å². The molecule has 0 aliphatic heterocycles. The van der Waals surface area contributed by atoms with E-state index in [4.69, 9.17) is 4.74 Å². The molecule has 0 saturated carbocycles. The molecule has 0 atom stereocenters. The molecular formula is C14H16N2O2. The van der Waals surface area contributed by atoms with Crippen molar-refractivity contribution in [3.8, 4) is 11.3 Å². The molecule has 0 aliphatic rings. The van der Waals surface area contributed by atoms with Crippen LogP contribution in [-0.2, 0) is 11.8 Å². The standard InChI is InChI=1S/C14H16N2O2/c1-4-18-14(17)13-12(15-9-16(13)3)11-7-5-10(2)6-8-11/h5-9H,4H2,1-3H3. The van der Waals surface area contributed by atoms with Gasteiger partial charge in [0.15, 0.2) is 5.69 Å². The third-order valence-electron chi connectivity index (χ3n) is 2.73. The zero-order valence-corrected chi connectivity index (χ0v) is 10.8. The fourth-order valence-corrected chi connectivity index (χ4v) is 1.79. The summed E-state index contributed by atoms with van der Waals surface area (Å²) in [6.07, 6.45) is 1.63. The van der Waals surface area contributed by atoms with Crippen LogP contribution >= 0.6 is 0 Å². The summed E-state index contributed by atoms with van der Waals surface area (Å²) in [4.78, 5) is 16.2. The number of imidazole rings is 1. The van der Waals surface area contributed by atoms with E-state index >= 15 is 0 Å². The first-order chi connectivity index (χ1) is 8.63. The molecule has 1 aromatic carbocycles. The molecule has 0 fully saturated rings. The van der Waals surface area contributed by atoms with Crippen LogP contribution in [0.15, 0.2) is 30.6 Å². The summed E-state index contributed by atoms with van der Waals surface area (Å²) < 4.78 is 6.74. The van der Waals surface area contributed by atoms with Gasteiger partial charge in [-0.05, 0) is 13.8 Å². The Balaban J connectivity index is 2.45. The van der Waals surface area contributed by atoms with Crippen molar-refractivity contribution in [3.63, 3.8) is 0 Å². The molecule has 0 amide bonds. The number of esters is 1. The Labute approximate surface area is 106 Å². The Bertz CT molecular complexity index is 556. The Kier molecular flexibility index (Phi) is 3.46. The second-order valence-electron chi connectivity index (χ2n) is 4.14. The van der Waals surface area contributed by atoms with E-state index in [1.54, 1.807) is 24.9 Å². The average Bonchev–Trinajstić information content (AvgIpc) is 2.72. The topological polar surface area (TPSA) is 44.1 Å². The van der Waals surface area contributed by atoms with Crippen molar-refractivity contribution < 1.29 is 9.53 Å². The van der Waals surface area contributed by atoms with Gasteiger partial charge in [0.1, 0.15) is 5.69 Å². The van der Waals surface area contributed by atoms with Gasteiger partial charge in [0, 0.05) is 12.6 Å². The summed E-state index contributed by atoms with van der Waals surface area (Å²) in [6, 6.07) is 7.92. The minimum atomic E-state index is -0.340. The number of aryl methyl sites for hydroxylation is 2. The Hall–Kier alpha value is -2.10. The van der Waals surface area contributed by atoms with E-state index in [0.717, 1.165) is 5.56 Å². The second-order valence-corrected chi connectivity index (χ2v) is 4.14. The molecule has 1 heterocycles. The average molecular weight is 244 g/mol. The predicted molar refractivity (Wildman–Crippen MR) is 69.3 cm³/mol. The molecule has 2 aromatic rings. The zero-order valence-electron chi connectivity index (χ0n) is 10.8. The predicted octanol–water partition coefficient (Wildman–Crippen LogP) is 2.57. The van der Waals surface area contributed by atoms with Crippen LogP contribution in [0.5, 0.6) is 0 Å². The lowest BCUT2D eigenvalue weighted by Crippen LogP contribution is -2.10. The quantitative estimate of drug-likeness (QED) is 0.779. The van der Waals surface area contributed by atoms with Crippen LogP contribution in [0.25, 0.3) is 11.3 Å². The van der Waals surface area contributed by atoms with Crippen LogP contribution in [0, 0.1) is 6.92 Å². The highest BCUT2D eigenvalue weighted by Gasteiger charge is 2.19. The fraction of sp³-hybridized carbons (Fsp3) is 0.286. The fourth-order valence-electron chi connectivity index (χ4n) is 1.79. The molecule has 0 aliphatic carbocycles. The van der Waals surface area contributed by atoms with E-state index in [0.29, 0.717) is 18.0 Å². The van der Waals surface area contributed by atoms with Crippen LogP contribution in [-0.4, -0.2) is 22.1 Å². The normalized spacial score (nSPS) is 10.4. The molecule has 0 radical (unpaired) electrons. The highest BCUT2D eigenvalue weighted by Crippen LogP contribution is 2.22. The molecule has 0 bridgehead atoms. The SMILES string of the molecule is CCOC(=O)c1c(-c2ccc(C)cc2)ncn1C. The second kappa shape index (κ2) is 5.04. The van der Waals surface area contributed by atoms with E-state index in [-0.39, 0.29) is 5.97 Å². The summed E-state index contributed by atoms with van der Waals surface area (Å²) in [6.45, 7) is 4.17. The maximum absolute atomic E-state index is 11.9. The van der Waals surface area contributed by atoms with Crippen molar-refractivity contribution >= 4 is 5.97 Å². The number of rotatable bonds is 3.